The summed E-state index contributed by atoms with van der Waals surface area (Å²) in [6, 6.07) is 10.5. The molecular formula is C19H16N4O3S3. The maximum Gasteiger partial charge on any atom is 0.243 e. The molecule has 0 aliphatic carbocycles. The molecule has 10 heteroatoms. The maximum atomic E-state index is 13.0. The Morgan fingerprint density at radius 3 is 2.69 bits per heavy atom. The first kappa shape index (κ1) is 18.6. The molecule has 0 radical (unpaired) electrons. The first-order chi connectivity index (χ1) is 14.0. The van der Waals surface area contributed by atoms with Crippen molar-refractivity contribution in [1.82, 2.24) is 14.3 Å². The van der Waals surface area contributed by atoms with Crippen molar-refractivity contribution in [2.45, 2.75) is 11.3 Å². The fourth-order valence-electron chi connectivity index (χ4n) is 3.49. The van der Waals surface area contributed by atoms with Crippen LogP contribution in [0.3, 0.4) is 0 Å². The highest BCUT2D eigenvalue weighted by molar-refractivity contribution is 7.89. The van der Waals surface area contributed by atoms with Gasteiger partial charge in [0.1, 0.15) is 0 Å². The van der Waals surface area contributed by atoms with Gasteiger partial charge in [0.15, 0.2) is 0 Å². The predicted molar refractivity (Wildman–Crippen MR) is 115 cm³/mol. The minimum Gasteiger partial charge on any atom is -0.326 e. The molecule has 1 amide bonds. The van der Waals surface area contributed by atoms with Crippen LogP contribution in [0.5, 0.6) is 0 Å². The van der Waals surface area contributed by atoms with Crippen LogP contribution in [0.2, 0.25) is 0 Å². The molecule has 4 aromatic rings. The average Bonchev–Trinajstić information content (AvgIpc) is 3.46. The first-order valence-electron chi connectivity index (χ1n) is 8.98. The van der Waals surface area contributed by atoms with E-state index in [1.165, 1.54) is 15.6 Å². The number of benzene rings is 2. The zero-order chi connectivity index (χ0) is 20.0. The zero-order valence-corrected chi connectivity index (χ0v) is 17.6. The number of hydrogen-bond donors (Lipinski definition) is 1. The Morgan fingerprint density at radius 1 is 1.03 bits per heavy atom. The summed E-state index contributed by atoms with van der Waals surface area (Å²) in [5.74, 6) is -0.557. The van der Waals surface area contributed by atoms with E-state index in [1.54, 1.807) is 40.6 Å². The summed E-state index contributed by atoms with van der Waals surface area (Å²) in [6.07, 6.45) is 0.493. The molecule has 1 saturated heterocycles. The number of aromatic nitrogens is 2. The van der Waals surface area contributed by atoms with Crippen molar-refractivity contribution in [2.24, 2.45) is 5.92 Å². The largest absolute Gasteiger partial charge is 0.326 e. The monoisotopic (exact) mass is 444 g/mol. The van der Waals surface area contributed by atoms with Crippen molar-refractivity contribution in [3.63, 3.8) is 0 Å². The van der Waals surface area contributed by atoms with Gasteiger partial charge < -0.3 is 5.32 Å². The van der Waals surface area contributed by atoms with Crippen molar-refractivity contribution < 1.29 is 13.2 Å². The van der Waals surface area contributed by atoms with E-state index in [2.05, 4.69) is 15.3 Å². The molecule has 148 valence electrons. The summed E-state index contributed by atoms with van der Waals surface area (Å²) in [5.41, 5.74) is 5.75. The van der Waals surface area contributed by atoms with Crippen LogP contribution in [0.25, 0.3) is 20.4 Å². The Morgan fingerprint density at radius 2 is 1.83 bits per heavy atom. The van der Waals surface area contributed by atoms with Crippen molar-refractivity contribution in [3.8, 4) is 0 Å². The van der Waals surface area contributed by atoms with Crippen LogP contribution < -0.4 is 5.32 Å². The van der Waals surface area contributed by atoms with Gasteiger partial charge in [0.05, 0.1) is 42.3 Å². The normalized spacial score (nSPS) is 17.9. The molecule has 2 aromatic carbocycles. The molecule has 1 fully saturated rings. The Hall–Kier alpha value is -2.40. The highest BCUT2D eigenvalue weighted by Gasteiger charge is 2.36. The van der Waals surface area contributed by atoms with E-state index in [1.807, 2.05) is 18.2 Å². The second-order valence-electron chi connectivity index (χ2n) is 6.85. The maximum absolute atomic E-state index is 13.0. The van der Waals surface area contributed by atoms with Crippen molar-refractivity contribution >= 4 is 64.7 Å². The van der Waals surface area contributed by atoms with E-state index in [-0.39, 0.29) is 23.3 Å². The van der Waals surface area contributed by atoms with Gasteiger partial charge >= 0.3 is 0 Å². The number of rotatable bonds is 4. The molecule has 0 spiro atoms. The van der Waals surface area contributed by atoms with Gasteiger partial charge in [-0.2, -0.15) is 4.31 Å². The fraction of sp³-hybridized carbons (Fsp3) is 0.211. The van der Waals surface area contributed by atoms with E-state index in [0.717, 1.165) is 20.4 Å². The molecule has 0 saturated carbocycles. The van der Waals surface area contributed by atoms with Crippen LogP contribution in [-0.2, 0) is 14.8 Å². The molecule has 1 atom stereocenters. The van der Waals surface area contributed by atoms with E-state index >= 15 is 0 Å². The van der Waals surface area contributed by atoms with Crippen molar-refractivity contribution in [1.29, 1.82) is 0 Å². The number of fused-ring (bicyclic) bond motifs is 2. The van der Waals surface area contributed by atoms with Gasteiger partial charge in [0, 0.05) is 18.8 Å². The third kappa shape index (κ3) is 3.42. The van der Waals surface area contributed by atoms with Gasteiger partial charge in [0.2, 0.25) is 15.9 Å². The Balaban J connectivity index is 1.31. The molecule has 1 unspecified atom stereocenters. The van der Waals surface area contributed by atoms with Crippen LogP contribution >= 0.6 is 22.7 Å². The smallest absolute Gasteiger partial charge is 0.243 e. The zero-order valence-electron chi connectivity index (χ0n) is 15.1. The van der Waals surface area contributed by atoms with Gasteiger partial charge in [0.25, 0.3) is 0 Å². The molecule has 0 bridgehead atoms. The van der Waals surface area contributed by atoms with Crippen LogP contribution in [-0.4, -0.2) is 41.7 Å². The fourth-order valence-corrected chi connectivity index (χ4v) is 6.46. The summed E-state index contributed by atoms with van der Waals surface area (Å²) < 4.78 is 29.3. The van der Waals surface area contributed by atoms with Crippen molar-refractivity contribution in [3.05, 3.63) is 47.4 Å². The third-order valence-electron chi connectivity index (χ3n) is 5.06. The standard InChI is InChI=1S/C19H16N4O3S3/c24-19(22-13-1-4-17-16(7-13)21-11-27-17)12-5-6-23(9-12)29(25,26)14-2-3-15-18(8-14)28-10-20-15/h1-4,7-8,10-12H,5-6,9H2,(H,22,24). The Bertz CT molecular complexity index is 1330. The first-order valence-corrected chi connectivity index (χ1v) is 12.2. The Labute approximate surface area is 175 Å². The van der Waals surface area contributed by atoms with E-state index in [4.69, 9.17) is 0 Å². The van der Waals surface area contributed by atoms with E-state index in [9.17, 15) is 13.2 Å². The number of hydrogen-bond acceptors (Lipinski definition) is 7. The summed E-state index contributed by atoms with van der Waals surface area (Å²) in [6.45, 7) is 0.500. The molecule has 1 aliphatic rings. The summed E-state index contributed by atoms with van der Waals surface area (Å²) in [5, 5.41) is 2.90. The molecule has 29 heavy (non-hydrogen) atoms. The average molecular weight is 445 g/mol. The second kappa shape index (κ2) is 7.13. The van der Waals surface area contributed by atoms with E-state index < -0.39 is 10.0 Å². The number of anilines is 1. The highest BCUT2D eigenvalue weighted by Crippen LogP contribution is 2.29. The van der Waals surface area contributed by atoms with Gasteiger partial charge in [-0.3, -0.25) is 4.79 Å². The lowest BCUT2D eigenvalue weighted by Crippen LogP contribution is -2.31. The molecule has 1 N–H and O–H groups in total. The summed E-state index contributed by atoms with van der Waals surface area (Å²) in [7, 11) is -3.65. The lowest BCUT2D eigenvalue weighted by molar-refractivity contribution is -0.119. The number of sulfonamides is 1. The van der Waals surface area contributed by atoms with Gasteiger partial charge in [-0.15, -0.1) is 22.7 Å². The topological polar surface area (TPSA) is 92.3 Å². The minimum atomic E-state index is -3.65. The molecule has 2 aromatic heterocycles. The Kier molecular flexibility index (Phi) is 4.58. The van der Waals surface area contributed by atoms with Crippen molar-refractivity contribution in [2.75, 3.05) is 18.4 Å². The van der Waals surface area contributed by atoms with Crippen LogP contribution in [0.15, 0.2) is 52.3 Å². The number of nitrogens with zero attached hydrogens (tertiary/aromatic N) is 3. The van der Waals surface area contributed by atoms with Crippen LogP contribution in [0.4, 0.5) is 5.69 Å². The number of amides is 1. The van der Waals surface area contributed by atoms with Gasteiger partial charge in [-0.1, -0.05) is 0 Å². The molecular weight excluding hydrogens is 428 g/mol. The summed E-state index contributed by atoms with van der Waals surface area (Å²) >= 11 is 2.95. The second-order valence-corrected chi connectivity index (χ2v) is 10.6. The number of carbonyl (C=O) groups excluding carboxylic acids is 1. The van der Waals surface area contributed by atoms with Gasteiger partial charge in [-0.05, 0) is 42.8 Å². The molecule has 1 aliphatic heterocycles. The quantitative estimate of drug-likeness (QED) is 0.520. The lowest BCUT2D eigenvalue weighted by atomic mass is 10.1. The summed E-state index contributed by atoms with van der Waals surface area (Å²) in [4.78, 5) is 21.4. The highest BCUT2D eigenvalue weighted by atomic mass is 32.2. The molecule has 5 rings (SSSR count). The number of carbonyl (C=O) groups is 1. The molecule has 3 heterocycles. The lowest BCUT2D eigenvalue weighted by Gasteiger charge is -2.16. The van der Waals surface area contributed by atoms with Crippen LogP contribution in [0, 0.1) is 5.92 Å². The SMILES string of the molecule is O=C(Nc1ccc2scnc2c1)C1CCN(S(=O)(=O)c2ccc3ncsc3c2)C1. The van der Waals surface area contributed by atoms with Gasteiger partial charge in [-0.25, -0.2) is 18.4 Å². The predicted octanol–water partition coefficient (Wildman–Crippen LogP) is 3.56. The number of thiazole rings is 2. The minimum absolute atomic E-state index is 0.171. The third-order valence-corrected chi connectivity index (χ3v) is 8.52. The van der Waals surface area contributed by atoms with E-state index in [0.29, 0.717) is 18.7 Å². The number of nitrogens with one attached hydrogen (secondary N) is 1. The molecule has 7 nitrogen and oxygen atoms in total. The van der Waals surface area contributed by atoms with Crippen LogP contribution in [0.1, 0.15) is 6.42 Å².